The van der Waals surface area contributed by atoms with Gasteiger partial charge in [-0.3, -0.25) is 9.59 Å². The molecular formula is C19H26N2O5S. The van der Waals surface area contributed by atoms with Gasteiger partial charge in [0, 0.05) is 24.7 Å². The molecule has 148 valence electrons. The minimum absolute atomic E-state index is 0.0193. The lowest BCUT2D eigenvalue weighted by molar-refractivity contribution is -0.142. The molecule has 1 unspecified atom stereocenters. The Kier molecular flexibility index (Phi) is 5.58. The van der Waals surface area contributed by atoms with Crippen LogP contribution in [0.15, 0.2) is 29.2 Å². The van der Waals surface area contributed by atoms with Crippen molar-refractivity contribution in [1.82, 2.24) is 9.62 Å². The molecule has 2 fully saturated rings. The topological polar surface area (TPSA) is 104 Å². The van der Waals surface area contributed by atoms with Crippen molar-refractivity contribution in [3.8, 4) is 0 Å². The highest BCUT2D eigenvalue weighted by molar-refractivity contribution is 7.89. The number of benzene rings is 1. The van der Waals surface area contributed by atoms with Crippen LogP contribution < -0.4 is 4.72 Å². The van der Waals surface area contributed by atoms with Gasteiger partial charge in [0.05, 0.1) is 10.8 Å². The number of nitrogens with zero attached hydrogens (tertiary/aromatic N) is 1. The molecule has 0 radical (unpaired) electrons. The van der Waals surface area contributed by atoms with Crippen molar-refractivity contribution >= 4 is 21.9 Å². The van der Waals surface area contributed by atoms with Crippen LogP contribution in [0.5, 0.6) is 0 Å². The van der Waals surface area contributed by atoms with Crippen molar-refractivity contribution in [2.24, 2.45) is 17.8 Å². The number of carbonyl (C=O) groups excluding carboxylic acids is 1. The Labute approximate surface area is 159 Å². The quantitative estimate of drug-likeness (QED) is 0.736. The molecule has 0 bridgehead atoms. The zero-order valence-electron chi connectivity index (χ0n) is 15.6. The third-order valence-electron chi connectivity index (χ3n) is 5.58. The van der Waals surface area contributed by atoms with Crippen LogP contribution in [0.4, 0.5) is 0 Å². The molecule has 2 aliphatic rings. The van der Waals surface area contributed by atoms with E-state index in [1.54, 1.807) is 11.8 Å². The highest BCUT2D eigenvalue weighted by Gasteiger charge is 2.46. The third kappa shape index (κ3) is 4.32. The number of likely N-dealkylation sites (tertiary alicyclic amines) is 1. The van der Waals surface area contributed by atoms with Gasteiger partial charge in [0.1, 0.15) is 0 Å². The molecule has 3 atom stereocenters. The first-order chi connectivity index (χ1) is 12.7. The van der Waals surface area contributed by atoms with E-state index in [0.717, 1.165) is 12.8 Å². The van der Waals surface area contributed by atoms with Crippen molar-refractivity contribution < 1.29 is 23.1 Å². The maximum atomic E-state index is 12.8. The molecule has 0 spiro atoms. The number of nitrogens with one attached hydrogen (secondary N) is 1. The Morgan fingerprint density at radius 3 is 2.37 bits per heavy atom. The summed E-state index contributed by atoms with van der Waals surface area (Å²) in [5.74, 6) is -1.18. The number of carboxylic acids is 1. The summed E-state index contributed by atoms with van der Waals surface area (Å²) in [6.45, 7) is 4.35. The lowest BCUT2D eigenvalue weighted by Gasteiger charge is -2.17. The zero-order valence-corrected chi connectivity index (χ0v) is 16.4. The smallest absolute Gasteiger partial charge is 0.308 e. The van der Waals surface area contributed by atoms with Crippen molar-refractivity contribution in [3.05, 3.63) is 29.8 Å². The van der Waals surface area contributed by atoms with Crippen molar-refractivity contribution in [2.45, 2.75) is 44.0 Å². The van der Waals surface area contributed by atoms with Crippen LogP contribution in [0.25, 0.3) is 0 Å². The summed E-state index contributed by atoms with van der Waals surface area (Å²) in [6.07, 6.45) is 2.75. The van der Waals surface area contributed by atoms with E-state index in [1.165, 1.54) is 24.3 Å². The normalized spacial score (nSPS) is 24.0. The van der Waals surface area contributed by atoms with Crippen LogP contribution in [0, 0.1) is 17.8 Å². The number of hydrogen-bond donors (Lipinski definition) is 2. The average Bonchev–Trinajstić information content (AvgIpc) is 3.38. The third-order valence-corrected chi connectivity index (χ3v) is 7.18. The van der Waals surface area contributed by atoms with Crippen molar-refractivity contribution in [1.29, 1.82) is 0 Å². The van der Waals surface area contributed by atoms with Crippen LogP contribution in [0.3, 0.4) is 0 Å². The maximum Gasteiger partial charge on any atom is 0.308 e. The molecule has 1 aromatic carbocycles. The number of sulfonamides is 1. The molecule has 8 heteroatoms. The molecule has 2 N–H and O–H groups in total. The van der Waals surface area contributed by atoms with Gasteiger partial charge in [-0.15, -0.1) is 0 Å². The van der Waals surface area contributed by atoms with E-state index in [9.17, 15) is 23.1 Å². The number of aliphatic carboxylic acids is 1. The van der Waals surface area contributed by atoms with Crippen LogP contribution >= 0.6 is 0 Å². The van der Waals surface area contributed by atoms with Crippen LogP contribution in [0.1, 0.15) is 43.5 Å². The van der Waals surface area contributed by atoms with E-state index < -0.39 is 21.9 Å². The summed E-state index contributed by atoms with van der Waals surface area (Å²) in [5.41, 5.74) is 0.373. The van der Waals surface area contributed by atoms with Gasteiger partial charge in [-0.1, -0.05) is 6.92 Å². The van der Waals surface area contributed by atoms with Gasteiger partial charge in [0.2, 0.25) is 10.0 Å². The lowest BCUT2D eigenvalue weighted by Crippen LogP contribution is -2.32. The highest BCUT2D eigenvalue weighted by atomic mass is 32.2. The summed E-state index contributed by atoms with van der Waals surface area (Å²) in [6, 6.07) is 5.65. The highest BCUT2D eigenvalue weighted by Crippen LogP contribution is 2.44. The van der Waals surface area contributed by atoms with E-state index in [2.05, 4.69) is 4.72 Å². The fourth-order valence-corrected chi connectivity index (χ4v) is 4.96. The van der Waals surface area contributed by atoms with Gasteiger partial charge in [0.15, 0.2) is 0 Å². The van der Waals surface area contributed by atoms with Gasteiger partial charge >= 0.3 is 5.97 Å². The first-order valence-corrected chi connectivity index (χ1v) is 10.9. The molecule has 1 saturated carbocycles. The van der Waals surface area contributed by atoms with Crippen LogP contribution in [-0.2, 0) is 14.8 Å². The fraction of sp³-hybridized carbons (Fsp3) is 0.579. The summed E-state index contributed by atoms with van der Waals surface area (Å²) in [7, 11) is -3.62. The first-order valence-electron chi connectivity index (χ1n) is 9.37. The SMILES string of the molecule is CCC(C)NS(=O)(=O)c1ccc(C(=O)N2C[C@H](C(=O)O)[C@@H](C3CC3)C2)cc1. The molecule has 1 aliphatic carbocycles. The number of carboxylic acid groups (broad SMARTS) is 1. The average molecular weight is 394 g/mol. The standard InChI is InChI=1S/C19H26N2O5S/c1-3-12(2)20-27(25,26)15-8-6-14(7-9-15)18(22)21-10-16(13-4-5-13)17(11-21)19(23)24/h6-9,12-13,16-17,20H,3-5,10-11H2,1-2H3,(H,23,24)/t12?,16-,17+/m1/s1. The van der Waals surface area contributed by atoms with Gasteiger partial charge in [-0.25, -0.2) is 13.1 Å². The fourth-order valence-electron chi connectivity index (χ4n) is 3.63. The van der Waals surface area contributed by atoms with E-state index in [4.69, 9.17) is 0 Å². The van der Waals surface area contributed by atoms with E-state index in [0.29, 0.717) is 24.4 Å². The van der Waals surface area contributed by atoms with Gasteiger partial charge in [-0.05, 0) is 62.3 Å². The number of rotatable bonds is 7. The Balaban J connectivity index is 1.72. The largest absolute Gasteiger partial charge is 0.481 e. The Bertz CT molecular complexity index is 817. The molecule has 1 saturated heterocycles. The molecule has 1 amide bonds. The van der Waals surface area contributed by atoms with E-state index >= 15 is 0 Å². The lowest BCUT2D eigenvalue weighted by atomic mass is 9.92. The molecule has 1 aromatic rings. The summed E-state index contributed by atoms with van der Waals surface area (Å²) in [5, 5.41) is 9.44. The Morgan fingerprint density at radius 2 is 1.85 bits per heavy atom. The monoisotopic (exact) mass is 394 g/mol. The Hall–Kier alpha value is -1.93. The predicted molar refractivity (Wildman–Crippen MR) is 99.8 cm³/mol. The molecule has 1 heterocycles. The predicted octanol–water partition coefficient (Wildman–Crippen LogP) is 1.95. The van der Waals surface area contributed by atoms with Crippen LogP contribution in [-0.4, -0.2) is 49.4 Å². The number of carbonyl (C=O) groups is 2. The molecular weight excluding hydrogens is 368 g/mol. The van der Waals surface area contributed by atoms with Gasteiger partial charge in [-0.2, -0.15) is 0 Å². The van der Waals surface area contributed by atoms with E-state index in [-0.39, 0.29) is 29.3 Å². The zero-order chi connectivity index (χ0) is 19.8. The van der Waals surface area contributed by atoms with Crippen molar-refractivity contribution in [2.75, 3.05) is 13.1 Å². The minimum atomic E-state index is -3.62. The second kappa shape index (κ2) is 7.59. The van der Waals surface area contributed by atoms with E-state index in [1.807, 2.05) is 6.92 Å². The van der Waals surface area contributed by atoms with Gasteiger partial charge < -0.3 is 10.0 Å². The number of hydrogen-bond acceptors (Lipinski definition) is 4. The van der Waals surface area contributed by atoms with Gasteiger partial charge in [0.25, 0.3) is 5.91 Å². The molecule has 3 rings (SSSR count). The second-order valence-electron chi connectivity index (χ2n) is 7.61. The second-order valence-corrected chi connectivity index (χ2v) is 9.33. The minimum Gasteiger partial charge on any atom is -0.481 e. The first kappa shape index (κ1) is 19.8. The summed E-state index contributed by atoms with van der Waals surface area (Å²) >= 11 is 0. The number of amides is 1. The Morgan fingerprint density at radius 1 is 1.22 bits per heavy atom. The maximum absolute atomic E-state index is 12.8. The molecule has 0 aromatic heterocycles. The molecule has 7 nitrogen and oxygen atoms in total. The molecule has 27 heavy (non-hydrogen) atoms. The van der Waals surface area contributed by atoms with Crippen molar-refractivity contribution in [3.63, 3.8) is 0 Å². The molecule has 1 aliphatic heterocycles. The van der Waals surface area contributed by atoms with Crippen LogP contribution in [0.2, 0.25) is 0 Å². The summed E-state index contributed by atoms with van der Waals surface area (Å²) in [4.78, 5) is 26.0. The summed E-state index contributed by atoms with van der Waals surface area (Å²) < 4.78 is 27.2.